The van der Waals surface area contributed by atoms with Crippen LogP contribution >= 0.6 is 12.2 Å². The van der Waals surface area contributed by atoms with E-state index in [0.29, 0.717) is 17.1 Å². The Bertz CT molecular complexity index is 1020. The van der Waals surface area contributed by atoms with E-state index in [-0.39, 0.29) is 16.4 Å². The maximum absolute atomic E-state index is 12.6. The summed E-state index contributed by atoms with van der Waals surface area (Å²) in [6, 6.07) is 18.6. The average molecular weight is 409 g/mol. The number of carbonyl (C=O) groups is 1. The second kappa shape index (κ2) is 8.45. The third kappa shape index (κ3) is 5.42. The van der Waals surface area contributed by atoms with Crippen LogP contribution in [0.15, 0.2) is 60.7 Å². The molecule has 3 aromatic rings. The van der Waals surface area contributed by atoms with Crippen LogP contribution < -0.4 is 15.4 Å². The molecule has 0 aliphatic heterocycles. The predicted octanol–water partition coefficient (Wildman–Crippen LogP) is 4.64. The van der Waals surface area contributed by atoms with Gasteiger partial charge in [-0.2, -0.15) is 5.10 Å². The highest BCUT2D eigenvalue weighted by molar-refractivity contribution is 7.80. The third-order valence-corrected chi connectivity index (χ3v) is 4.38. The second-order valence-corrected chi connectivity index (χ2v) is 8.05. The molecule has 1 aromatic heterocycles. The summed E-state index contributed by atoms with van der Waals surface area (Å²) >= 11 is 5.30. The maximum Gasteiger partial charge on any atom is 0.275 e. The number of aryl methyl sites for hydroxylation is 1. The summed E-state index contributed by atoms with van der Waals surface area (Å²) in [6.07, 6.45) is 0. The fourth-order valence-corrected chi connectivity index (χ4v) is 2.85. The van der Waals surface area contributed by atoms with Crippen molar-refractivity contribution in [1.82, 2.24) is 15.1 Å². The Labute approximate surface area is 175 Å². The topological polar surface area (TPSA) is 68.2 Å². The van der Waals surface area contributed by atoms with E-state index in [1.54, 1.807) is 17.8 Å². The van der Waals surface area contributed by atoms with E-state index in [2.05, 4.69) is 15.7 Å². The Kier molecular flexibility index (Phi) is 5.98. The van der Waals surface area contributed by atoms with Gasteiger partial charge in [0.15, 0.2) is 5.11 Å². The minimum absolute atomic E-state index is 0.145. The number of benzene rings is 2. The quantitative estimate of drug-likeness (QED) is 0.616. The van der Waals surface area contributed by atoms with Crippen LogP contribution in [0.5, 0.6) is 11.5 Å². The summed E-state index contributed by atoms with van der Waals surface area (Å²) in [7, 11) is 1.74. The minimum Gasteiger partial charge on any atom is -0.457 e. The van der Waals surface area contributed by atoms with Crippen LogP contribution in [0.25, 0.3) is 0 Å². The molecule has 0 bridgehead atoms. The lowest BCUT2D eigenvalue weighted by Gasteiger charge is -2.13. The van der Waals surface area contributed by atoms with E-state index in [1.807, 2.05) is 75.4 Å². The van der Waals surface area contributed by atoms with Crippen molar-refractivity contribution in [2.24, 2.45) is 7.05 Å². The first kappa shape index (κ1) is 20.5. The zero-order valence-corrected chi connectivity index (χ0v) is 17.7. The number of aromatic nitrogens is 2. The van der Waals surface area contributed by atoms with Crippen LogP contribution in [0.3, 0.4) is 0 Å². The SMILES string of the molecule is Cn1nc(C(C)(C)C)cc1C(=O)NC(=S)Nc1cccc(Oc2ccccc2)c1. The molecule has 0 aliphatic carbocycles. The molecule has 2 N–H and O–H groups in total. The fraction of sp³-hybridized carbons (Fsp3) is 0.227. The molecule has 0 saturated heterocycles. The first-order valence-corrected chi connectivity index (χ1v) is 9.63. The lowest BCUT2D eigenvalue weighted by Crippen LogP contribution is -2.35. The predicted molar refractivity (Wildman–Crippen MR) is 119 cm³/mol. The molecule has 2 aromatic carbocycles. The molecule has 150 valence electrons. The molecule has 0 saturated carbocycles. The number of para-hydroxylation sites is 1. The summed E-state index contributed by atoms with van der Waals surface area (Å²) in [4.78, 5) is 12.6. The Hall–Kier alpha value is -3.19. The van der Waals surface area contributed by atoms with Gasteiger partial charge >= 0.3 is 0 Å². The van der Waals surface area contributed by atoms with Gasteiger partial charge in [0.2, 0.25) is 0 Å². The normalized spacial score (nSPS) is 11.0. The van der Waals surface area contributed by atoms with Crippen molar-refractivity contribution >= 4 is 28.9 Å². The highest BCUT2D eigenvalue weighted by Gasteiger charge is 2.22. The lowest BCUT2D eigenvalue weighted by atomic mass is 9.92. The summed E-state index contributed by atoms with van der Waals surface area (Å²) in [6.45, 7) is 6.15. The molecular weight excluding hydrogens is 384 g/mol. The zero-order chi connectivity index (χ0) is 21.0. The van der Waals surface area contributed by atoms with Gasteiger partial charge in [0.1, 0.15) is 17.2 Å². The van der Waals surface area contributed by atoms with Gasteiger partial charge in [0.25, 0.3) is 5.91 Å². The lowest BCUT2D eigenvalue weighted by molar-refractivity contribution is 0.0968. The molecule has 0 spiro atoms. The number of anilines is 1. The molecule has 0 fully saturated rings. The largest absolute Gasteiger partial charge is 0.457 e. The maximum atomic E-state index is 12.6. The standard InChI is InChI=1S/C22H24N4O2S/c1-22(2,3)19-14-18(26(4)25-19)20(27)24-21(29)23-15-9-8-12-17(13-15)28-16-10-6-5-7-11-16/h5-14H,1-4H3,(H2,23,24,27,29). The Morgan fingerprint density at radius 1 is 1.03 bits per heavy atom. The monoisotopic (exact) mass is 408 g/mol. The fourth-order valence-electron chi connectivity index (χ4n) is 2.64. The zero-order valence-electron chi connectivity index (χ0n) is 16.9. The van der Waals surface area contributed by atoms with Gasteiger partial charge in [-0.1, -0.05) is 45.0 Å². The Balaban J connectivity index is 1.64. The van der Waals surface area contributed by atoms with Crippen LogP contribution in [-0.2, 0) is 12.5 Å². The van der Waals surface area contributed by atoms with Crippen molar-refractivity contribution in [3.63, 3.8) is 0 Å². The van der Waals surface area contributed by atoms with E-state index < -0.39 is 0 Å². The van der Waals surface area contributed by atoms with Crippen LogP contribution in [0.1, 0.15) is 37.0 Å². The molecule has 1 heterocycles. The number of nitrogens with zero attached hydrogens (tertiary/aromatic N) is 2. The number of amides is 1. The van der Waals surface area contributed by atoms with E-state index >= 15 is 0 Å². The van der Waals surface area contributed by atoms with Crippen LogP contribution in [-0.4, -0.2) is 20.8 Å². The molecule has 0 unspecified atom stereocenters. The number of hydrogen-bond donors (Lipinski definition) is 2. The number of ether oxygens (including phenoxy) is 1. The number of thiocarbonyl (C=S) groups is 1. The summed E-state index contributed by atoms with van der Waals surface area (Å²) < 4.78 is 7.38. The van der Waals surface area contributed by atoms with Gasteiger partial charge in [-0.3, -0.25) is 14.8 Å². The van der Waals surface area contributed by atoms with E-state index in [4.69, 9.17) is 17.0 Å². The molecule has 7 heteroatoms. The number of carbonyl (C=O) groups excluding carboxylic acids is 1. The highest BCUT2D eigenvalue weighted by atomic mass is 32.1. The summed E-state index contributed by atoms with van der Waals surface area (Å²) in [5.41, 5.74) is 1.85. The van der Waals surface area contributed by atoms with E-state index in [9.17, 15) is 4.79 Å². The molecule has 3 rings (SSSR count). The summed E-state index contributed by atoms with van der Waals surface area (Å²) in [5.74, 6) is 1.09. The number of nitrogens with one attached hydrogen (secondary N) is 2. The Morgan fingerprint density at radius 2 is 1.72 bits per heavy atom. The third-order valence-electron chi connectivity index (χ3n) is 4.18. The minimum atomic E-state index is -0.315. The first-order valence-electron chi connectivity index (χ1n) is 9.22. The number of rotatable bonds is 4. The van der Waals surface area contributed by atoms with Gasteiger partial charge in [0.05, 0.1) is 5.69 Å². The molecule has 0 atom stereocenters. The van der Waals surface area contributed by atoms with E-state index in [0.717, 1.165) is 11.4 Å². The second-order valence-electron chi connectivity index (χ2n) is 7.64. The van der Waals surface area contributed by atoms with Crippen LogP contribution in [0.4, 0.5) is 5.69 Å². The van der Waals surface area contributed by atoms with Crippen LogP contribution in [0, 0.1) is 0 Å². The van der Waals surface area contributed by atoms with Gasteiger partial charge in [-0.25, -0.2) is 0 Å². The Morgan fingerprint density at radius 3 is 2.38 bits per heavy atom. The molecule has 29 heavy (non-hydrogen) atoms. The van der Waals surface area contributed by atoms with Crippen molar-refractivity contribution in [2.75, 3.05) is 5.32 Å². The highest BCUT2D eigenvalue weighted by Crippen LogP contribution is 2.24. The van der Waals surface area contributed by atoms with Gasteiger partial charge in [0, 0.05) is 24.2 Å². The van der Waals surface area contributed by atoms with Gasteiger partial charge in [-0.15, -0.1) is 0 Å². The van der Waals surface area contributed by atoms with Gasteiger partial charge in [-0.05, 0) is 42.5 Å². The number of hydrogen-bond acceptors (Lipinski definition) is 4. The molecule has 6 nitrogen and oxygen atoms in total. The molecule has 0 radical (unpaired) electrons. The van der Waals surface area contributed by atoms with Crippen molar-refractivity contribution in [3.8, 4) is 11.5 Å². The molecule has 1 amide bonds. The van der Waals surface area contributed by atoms with E-state index in [1.165, 1.54) is 0 Å². The van der Waals surface area contributed by atoms with Crippen LogP contribution in [0.2, 0.25) is 0 Å². The molecular formula is C22H24N4O2S. The van der Waals surface area contributed by atoms with Gasteiger partial charge < -0.3 is 10.1 Å². The van der Waals surface area contributed by atoms with Crippen molar-refractivity contribution in [1.29, 1.82) is 0 Å². The first-order chi connectivity index (χ1) is 13.7. The van der Waals surface area contributed by atoms with Crippen molar-refractivity contribution in [2.45, 2.75) is 26.2 Å². The smallest absolute Gasteiger partial charge is 0.275 e. The van der Waals surface area contributed by atoms with Crippen molar-refractivity contribution < 1.29 is 9.53 Å². The molecule has 0 aliphatic rings. The van der Waals surface area contributed by atoms with Crippen molar-refractivity contribution in [3.05, 3.63) is 72.1 Å². The average Bonchev–Trinajstić information content (AvgIpc) is 3.05. The summed E-state index contributed by atoms with van der Waals surface area (Å²) in [5, 5.41) is 10.3.